The van der Waals surface area contributed by atoms with Gasteiger partial charge >= 0.3 is 0 Å². The molecule has 3 rings (SSSR count). The Labute approximate surface area is 111 Å². The molecule has 1 aliphatic heterocycles. The SMILES string of the molecule is OCC1CCN(c2nccc3ccc(F)cc23)CC1. The third-order valence-corrected chi connectivity index (χ3v) is 3.88. The molecule has 0 bridgehead atoms. The summed E-state index contributed by atoms with van der Waals surface area (Å²) in [6.07, 6.45) is 3.70. The molecule has 1 aromatic heterocycles. The summed E-state index contributed by atoms with van der Waals surface area (Å²) in [5.74, 6) is 1.02. The third-order valence-electron chi connectivity index (χ3n) is 3.88. The number of rotatable bonds is 2. The van der Waals surface area contributed by atoms with Crippen LogP contribution in [0, 0.1) is 11.7 Å². The van der Waals surface area contributed by atoms with Crippen molar-refractivity contribution >= 4 is 16.6 Å². The van der Waals surface area contributed by atoms with Gasteiger partial charge in [0, 0.05) is 31.3 Å². The van der Waals surface area contributed by atoms with Gasteiger partial charge in [0.1, 0.15) is 11.6 Å². The maximum Gasteiger partial charge on any atom is 0.136 e. The van der Waals surface area contributed by atoms with Gasteiger partial charge in [-0.2, -0.15) is 0 Å². The molecule has 1 aliphatic rings. The molecule has 100 valence electrons. The van der Waals surface area contributed by atoms with Gasteiger partial charge in [-0.25, -0.2) is 9.37 Å². The number of nitrogens with zero attached hydrogens (tertiary/aromatic N) is 2. The molecular weight excluding hydrogens is 243 g/mol. The third kappa shape index (κ3) is 2.40. The molecule has 1 N–H and O–H groups in total. The number of hydrogen-bond donors (Lipinski definition) is 1. The molecule has 2 heterocycles. The summed E-state index contributed by atoms with van der Waals surface area (Å²) in [5.41, 5.74) is 0. The summed E-state index contributed by atoms with van der Waals surface area (Å²) in [6.45, 7) is 1.99. The van der Waals surface area contributed by atoms with E-state index in [0.717, 1.165) is 42.5 Å². The second-order valence-electron chi connectivity index (χ2n) is 5.11. The highest BCUT2D eigenvalue weighted by atomic mass is 19.1. The topological polar surface area (TPSA) is 36.4 Å². The van der Waals surface area contributed by atoms with E-state index in [9.17, 15) is 9.50 Å². The number of benzene rings is 1. The second-order valence-corrected chi connectivity index (χ2v) is 5.11. The number of halogens is 1. The van der Waals surface area contributed by atoms with Gasteiger partial charge in [-0.3, -0.25) is 0 Å². The Kier molecular flexibility index (Phi) is 3.34. The first-order valence-corrected chi connectivity index (χ1v) is 6.68. The average Bonchev–Trinajstić information content (AvgIpc) is 2.47. The lowest BCUT2D eigenvalue weighted by atomic mass is 9.97. The minimum Gasteiger partial charge on any atom is -0.396 e. The van der Waals surface area contributed by atoms with Crippen molar-refractivity contribution in [3.05, 3.63) is 36.3 Å². The number of aliphatic hydroxyl groups is 1. The molecule has 0 spiro atoms. The Bertz CT molecular complexity index is 579. The van der Waals surface area contributed by atoms with E-state index < -0.39 is 0 Å². The van der Waals surface area contributed by atoms with Gasteiger partial charge in [0.05, 0.1) is 0 Å². The van der Waals surface area contributed by atoms with Crippen LogP contribution in [0.4, 0.5) is 10.2 Å². The summed E-state index contributed by atoms with van der Waals surface area (Å²) in [5, 5.41) is 11.0. The average molecular weight is 260 g/mol. The molecule has 2 aromatic rings. The molecule has 0 aliphatic carbocycles. The molecule has 4 heteroatoms. The van der Waals surface area contributed by atoms with Gasteiger partial charge in [-0.05, 0) is 42.3 Å². The highest BCUT2D eigenvalue weighted by Crippen LogP contribution is 2.28. The Morgan fingerprint density at radius 1 is 1.26 bits per heavy atom. The van der Waals surface area contributed by atoms with E-state index in [1.54, 1.807) is 18.3 Å². The van der Waals surface area contributed by atoms with E-state index in [0.29, 0.717) is 5.92 Å². The number of fused-ring (bicyclic) bond motifs is 1. The van der Waals surface area contributed by atoms with Crippen molar-refractivity contribution in [1.82, 2.24) is 4.98 Å². The molecule has 0 unspecified atom stereocenters. The molecule has 1 saturated heterocycles. The molecule has 1 aromatic carbocycles. The van der Waals surface area contributed by atoms with Gasteiger partial charge < -0.3 is 10.0 Å². The first kappa shape index (κ1) is 12.4. The molecule has 0 amide bonds. The Balaban J connectivity index is 1.94. The zero-order chi connectivity index (χ0) is 13.2. The standard InChI is InChI=1S/C15H17FN2O/c16-13-2-1-12-3-6-17-15(14(12)9-13)18-7-4-11(10-19)5-8-18/h1-3,6,9,11,19H,4-5,7-8,10H2. The van der Waals surface area contributed by atoms with Crippen LogP contribution in [0.1, 0.15) is 12.8 Å². The number of hydrogen-bond acceptors (Lipinski definition) is 3. The van der Waals surface area contributed by atoms with Crippen LogP contribution in [-0.2, 0) is 0 Å². The Morgan fingerprint density at radius 2 is 2.05 bits per heavy atom. The number of piperidine rings is 1. The smallest absolute Gasteiger partial charge is 0.136 e. The molecule has 19 heavy (non-hydrogen) atoms. The first-order valence-electron chi connectivity index (χ1n) is 6.68. The zero-order valence-corrected chi connectivity index (χ0v) is 10.7. The van der Waals surface area contributed by atoms with E-state index in [4.69, 9.17) is 0 Å². The lowest BCUT2D eigenvalue weighted by Gasteiger charge is -2.32. The molecular formula is C15H17FN2O. The van der Waals surface area contributed by atoms with Crippen molar-refractivity contribution < 1.29 is 9.50 Å². The van der Waals surface area contributed by atoms with Crippen LogP contribution in [-0.4, -0.2) is 29.8 Å². The van der Waals surface area contributed by atoms with Crippen molar-refractivity contribution in [2.24, 2.45) is 5.92 Å². The normalized spacial score (nSPS) is 17.1. The van der Waals surface area contributed by atoms with Crippen molar-refractivity contribution in [2.75, 3.05) is 24.6 Å². The van der Waals surface area contributed by atoms with Gasteiger partial charge in [-0.1, -0.05) is 6.07 Å². The van der Waals surface area contributed by atoms with Gasteiger partial charge in [0.2, 0.25) is 0 Å². The van der Waals surface area contributed by atoms with Crippen LogP contribution in [0.25, 0.3) is 10.8 Å². The van der Waals surface area contributed by atoms with E-state index in [2.05, 4.69) is 9.88 Å². The van der Waals surface area contributed by atoms with Gasteiger partial charge in [0.25, 0.3) is 0 Å². The van der Waals surface area contributed by atoms with Crippen LogP contribution in [0.3, 0.4) is 0 Å². The fourth-order valence-corrected chi connectivity index (χ4v) is 2.70. The van der Waals surface area contributed by atoms with E-state index in [1.165, 1.54) is 6.07 Å². The number of pyridine rings is 1. The maximum absolute atomic E-state index is 13.4. The van der Waals surface area contributed by atoms with Gasteiger partial charge in [-0.15, -0.1) is 0 Å². The summed E-state index contributed by atoms with van der Waals surface area (Å²) in [7, 11) is 0. The number of aliphatic hydroxyl groups excluding tert-OH is 1. The first-order chi connectivity index (χ1) is 9.28. The monoisotopic (exact) mass is 260 g/mol. The van der Waals surface area contributed by atoms with Crippen LogP contribution in [0.2, 0.25) is 0 Å². The predicted molar refractivity (Wildman–Crippen MR) is 73.7 cm³/mol. The maximum atomic E-state index is 13.4. The van der Waals surface area contributed by atoms with Crippen LogP contribution in [0.5, 0.6) is 0 Å². The highest BCUT2D eigenvalue weighted by Gasteiger charge is 2.20. The summed E-state index contributed by atoms with van der Waals surface area (Å²) < 4.78 is 13.4. The van der Waals surface area contributed by atoms with E-state index in [1.807, 2.05) is 6.07 Å². The van der Waals surface area contributed by atoms with Crippen molar-refractivity contribution in [2.45, 2.75) is 12.8 Å². The van der Waals surface area contributed by atoms with Crippen LogP contribution in [0.15, 0.2) is 30.5 Å². The number of aromatic nitrogens is 1. The molecule has 0 saturated carbocycles. The molecule has 3 nitrogen and oxygen atoms in total. The molecule has 0 atom stereocenters. The van der Waals surface area contributed by atoms with Gasteiger partial charge in [0.15, 0.2) is 0 Å². The minimum atomic E-state index is -0.230. The minimum absolute atomic E-state index is 0.230. The van der Waals surface area contributed by atoms with Crippen molar-refractivity contribution in [3.8, 4) is 0 Å². The Hall–Kier alpha value is -1.68. The predicted octanol–water partition coefficient (Wildman–Crippen LogP) is 2.58. The van der Waals surface area contributed by atoms with Crippen LogP contribution < -0.4 is 4.90 Å². The number of anilines is 1. The lowest BCUT2D eigenvalue weighted by Crippen LogP contribution is -2.35. The largest absolute Gasteiger partial charge is 0.396 e. The van der Waals surface area contributed by atoms with E-state index in [-0.39, 0.29) is 12.4 Å². The highest BCUT2D eigenvalue weighted by molar-refractivity contribution is 5.92. The quantitative estimate of drug-likeness (QED) is 0.901. The molecule has 1 fully saturated rings. The van der Waals surface area contributed by atoms with Crippen LogP contribution >= 0.6 is 0 Å². The Morgan fingerprint density at radius 3 is 2.79 bits per heavy atom. The van der Waals surface area contributed by atoms with Crippen molar-refractivity contribution in [1.29, 1.82) is 0 Å². The fraction of sp³-hybridized carbons (Fsp3) is 0.400. The summed E-state index contributed by atoms with van der Waals surface area (Å²) in [6, 6.07) is 6.72. The summed E-state index contributed by atoms with van der Waals surface area (Å²) in [4.78, 5) is 6.61. The summed E-state index contributed by atoms with van der Waals surface area (Å²) >= 11 is 0. The molecule has 0 radical (unpaired) electrons. The second kappa shape index (κ2) is 5.13. The van der Waals surface area contributed by atoms with Crippen molar-refractivity contribution in [3.63, 3.8) is 0 Å². The zero-order valence-electron chi connectivity index (χ0n) is 10.7. The lowest BCUT2D eigenvalue weighted by molar-refractivity contribution is 0.203. The van der Waals surface area contributed by atoms with E-state index >= 15 is 0 Å². The fourth-order valence-electron chi connectivity index (χ4n) is 2.70.